The maximum Gasteiger partial charge on any atom is 0.259 e. The van der Waals surface area contributed by atoms with E-state index in [4.69, 9.17) is 18.9 Å². The van der Waals surface area contributed by atoms with Crippen LogP contribution in [-0.4, -0.2) is 34.3 Å². The van der Waals surface area contributed by atoms with E-state index in [1.54, 1.807) is 44.6 Å². The van der Waals surface area contributed by atoms with Crippen molar-refractivity contribution < 1.29 is 23.7 Å². The van der Waals surface area contributed by atoms with E-state index in [-0.39, 0.29) is 5.91 Å². The van der Waals surface area contributed by atoms with Crippen LogP contribution in [0.25, 0.3) is 0 Å². The second kappa shape index (κ2) is 7.59. The second-order valence-corrected chi connectivity index (χ2v) is 5.04. The molecule has 128 valence electrons. The molecule has 0 saturated carbocycles. The van der Waals surface area contributed by atoms with E-state index < -0.39 is 0 Å². The number of ether oxygens (including phenoxy) is 4. The largest absolute Gasteiger partial charge is 0.497 e. The summed E-state index contributed by atoms with van der Waals surface area (Å²) in [6.45, 7) is 1.88. The van der Waals surface area contributed by atoms with Gasteiger partial charge in [0.1, 0.15) is 23.0 Å². The summed E-state index contributed by atoms with van der Waals surface area (Å²) in [5, 5.41) is 2.82. The molecule has 2 aromatic carbocycles. The van der Waals surface area contributed by atoms with Crippen LogP contribution >= 0.6 is 0 Å². The normalized spacial score (nSPS) is 10.0. The summed E-state index contributed by atoms with van der Waals surface area (Å²) in [4.78, 5) is 12.7. The lowest BCUT2D eigenvalue weighted by atomic mass is 10.1. The highest BCUT2D eigenvalue weighted by atomic mass is 16.5. The summed E-state index contributed by atoms with van der Waals surface area (Å²) >= 11 is 0. The number of methoxy groups -OCH3 is 4. The Morgan fingerprint density at radius 1 is 0.833 bits per heavy atom. The van der Waals surface area contributed by atoms with Crippen molar-refractivity contribution in [3.8, 4) is 23.0 Å². The van der Waals surface area contributed by atoms with Gasteiger partial charge in [-0.2, -0.15) is 0 Å². The zero-order valence-electron chi connectivity index (χ0n) is 14.4. The van der Waals surface area contributed by atoms with Gasteiger partial charge in [-0.05, 0) is 36.8 Å². The van der Waals surface area contributed by atoms with Crippen LogP contribution in [0.5, 0.6) is 23.0 Å². The van der Waals surface area contributed by atoms with Gasteiger partial charge >= 0.3 is 0 Å². The molecule has 0 bridgehead atoms. The van der Waals surface area contributed by atoms with Crippen molar-refractivity contribution in [1.82, 2.24) is 0 Å². The van der Waals surface area contributed by atoms with Crippen molar-refractivity contribution >= 4 is 11.6 Å². The molecule has 0 radical (unpaired) electrons. The van der Waals surface area contributed by atoms with Gasteiger partial charge in [-0.15, -0.1) is 0 Å². The lowest BCUT2D eigenvalue weighted by Gasteiger charge is -2.15. The van der Waals surface area contributed by atoms with E-state index in [1.165, 1.54) is 14.2 Å². The maximum atomic E-state index is 12.7. The molecule has 2 rings (SSSR count). The molecule has 6 heteroatoms. The minimum Gasteiger partial charge on any atom is -0.497 e. The lowest BCUT2D eigenvalue weighted by molar-refractivity contribution is 0.102. The fraction of sp³-hybridized carbons (Fsp3) is 0.278. The third kappa shape index (κ3) is 3.53. The molecule has 0 aliphatic heterocycles. The molecular formula is C18H21NO5. The summed E-state index contributed by atoms with van der Waals surface area (Å²) in [5.41, 5.74) is 1.79. The average molecular weight is 331 g/mol. The predicted octanol–water partition coefficient (Wildman–Crippen LogP) is 3.28. The standard InChI is InChI=1S/C18H21NO5/c1-11-8-16(23-4)13(10-15(11)22-3)18(20)19-14-7-6-12(21-2)9-17(14)24-5/h6-10H,1-5H3,(H,19,20). The van der Waals surface area contributed by atoms with Crippen LogP contribution in [0.1, 0.15) is 15.9 Å². The number of hydrogen-bond donors (Lipinski definition) is 1. The molecule has 0 atom stereocenters. The second-order valence-electron chi connectivity index (χ2n) is 5.04. The number of anilines is 1. The van der Waals surface area contributed by atoms with E-state index in [2.05, 4.69) is 5.32 Å². The third-order valence-corrected chi connectivity index (χ3v) is 3.62. The summed E-state index contributed by atoms with van der Waals surface area (Å²) in [6.07, 6.45) is 0. The third-order valence-electron chi connectivity index (χ3n) is 3.62. The van der Waals surface area contributed by atoms with E-state index in [0.29, 0.717) is 34.2 Å². The molecule has 0 fully saturated rings. The highest BCUT2D eigenvalue weighted by Crippen LogP contribution is 2.32. The Morgan fingerprint density at radius 3 is 2.08 bits per heavy atom. The first-order chi connectivity index (χ1) is 11.5. The highest BCUT2D eigenvalue weighted by molar-refractivity contribution is 6.07. The Kier molecular flexibility index (Phi) is 5.52. The molecule has 1 N–H and O–H groups in total. The van der Waals surface area contributed by atoms with Gasteiger partial charge in [-0.3, -0.25) is 4.79 Å². The van der Waals surface area contributed by atoms with Gasteiger partial charge in [-0.25, -0.2) is 0 Å². The Balaban J connectivity index is 2.36. The monoisotopic (exact) mass is 331 g/mol. The van der Waals surface area contributed by atoms with Crippen LogP contribution < -0.4 is 24.3 Å². The topological polar surface area (TPSA) is 66.0 Å². The van der Waals surface area contributed by atoms with Crippen molar-refractivity contribution in [3.05, 3.63) is 41.5 Å². The maximum absolute atomic E-state index is 12.7. The number of amides is 1. The van der Waals surface area contributed by atoms with Crippen LogP contribution in [0.4, 0.5) is 5.69 Å². The molecule has 2 aromatic rings. The van der Waals surface area contributed by atoms with Gasteiger partial charge in [0.25, 0.3) is 5.91 Å². The van der Waals surface area contributed by atoms with E-state index in [9.17, 15) is 4.79 Å². The number of rotatable bonds is 6. The first-order valence-corrected chi connectivity index (χ1v) is 7.30. The summed E-state index contributed by atoms with van der Waals surface area (Å²) in [7, 11) is 6.17. The molecular weight excluding hydrogens is 310 g/mol. The fourth-order valence-corrected chi connectivity index (χ4v) is 2.32. The molecule has 0 spiro atoms. The molecule has 24 heavy (non-hydrogen) atoms. The van der Waals surface area contributed by atoms with Gasteiger partial charge in [-0.1, -0.05) is 0 Å². The quantitative estimate of drug-likeness (QED) is 0.880. The van der Waals surface area contributed by atoms with Gasteiger partial charge in [0.15, 0.2) is 0 Å². The number of hydrogen-bond acceptors (Lipinski definition) is 5. The number of benzene rings is 2. The number of aryl methyl sites for hydroxylation is 1. The van der Waals surface area contributed by atoms with Crippen LogP contribution in [0.15, 0.2) is 30.3 Å². The molecule has 0 heterocycles. The SMILES string of the molecule is COc1ccc(NC(=O)c2cc(OC)c(C)cc2OC)c(OC)c1. The Morgan fingerprint density at radius 2 is 1.50 bits per heavy atom. The van der Waals surface area contributed by atoms with Crippen molar-refractivity contribution in [2.75, 3.05) is 33.8 Å². The molecule has 0 aromatic heterocycles. The van der Waals surface area contributed by atoms with Gasteiger partial charge in [0.05, 0.1) is 39.7 Å². The number of carbonyl (C=O) groups is 1. The van der Waals surface area contributed by atoms with Crippen molar-refractivity contribution in [2.24, 2.45) is 0 Å². The average Bonchev–Trinajstić information content (AvgIpc) is 2.61. The van der Waals surface area contributed by atoms with E-state index in [1.807, 2.05) is 6.92 Å². The van der Waals surface area contributed by atoms with E-state index in [0.717, 1.165) is 5.56 Å². The van der Waals surface area contributed by atoms with Crippen LogP contribution in [0.2, 0.25) is 0 Å². The first kappa shape index (κ1) is 17.5. The van der Waals surface area contributed by atoms with Crippen LogP contribution in [-0.2, 0) is 0 Å². The van der Waals surface area contributed by atoms with Crippen molar-refractivity contribution in [2.45, 2.75) is 6.92 Å². The van der Waals surface area contributed by atoms with Gasteiger partial charge in [0.2, 0.25) is 0 Å². The van der Waals surface area contributed by atoms with Gasteiger partial charge in [0, 0.05) is 6.07 Å². The van der Waals surface area contributed by atoms with Crippen molar-refractivity contribution in [1.29, 1.82) is 0 Å². The molecule has 0 unspecified atom stereocenters. The van der Waals surface area contributed by atoms with Crippen LogP contribution in [0.3, 0.4) is 0 Å². The fourth-order valence-electron chi connectivity index (χ4n) is 2.32. The van der Waals surface area contributed by atoms with Gasteiger partial charge < -0.3 is 24.3 Å². The molecule has 6 nitrogen and oxygen atoms in total. The van der Waals surface area contributed by atoms with E-state index >= 15 is 0 Å². The zero-order valence-corrected chi connectivity index (χ0v) is 14.4. The van der Waals surface area contributed by atoms with Crippen LogP contribution in [0, 0.1) is 6.92 Å². The Hall–Kier alpha value is -2.89. The summed E-state index contributed by atoms with van der Waals surface area (Å²) in [6, 6.07) is 8.57. The summed E-state index contributed by atoms with van der Waals surface area (Å²) in [5.74, 6) is 1.90. The smallest absolute Gasteiger partial charge is 0.259 e. The molecule has 0 aliphatic rings. The highest BCUT2D eigenvalue weighted by Gasteiger charge is 2.17. The Labute approximate surface area is 141 Å². The number of nitrogens with one attached hydrogen (secondary N) is 1. The number of carbonyl (C=O) groups excluding carboxylic acids is 1. The zero-order chi connectivity index (χ0) is 17.7. The minimum atomic E-state index is -0.325. The molecule has 0 saturated heterocycles. The summed E-state index contributed by atoms with van der Waals surface area (Å²) < 4.78 is 21.0. The Bertz CT molecular complexity index is 742. The first-order valence-electron chi connectivity index (χ1n) is 7.30. The molecule has 0 aliphatic carbocycles. The lowest BCUT2D eigenvalue weighted by Crippen LogP contribution is -2.14. The molecule has 1 amide bonds. The van der Waals surface area contributed by atoms with Crippen molar-refractivity contribution in [3.63, 3.8) is 0 Å². The predicted molar refractivity (Wildman–Crippen MR) is 91.8 cm³/mol. The minimum absolute atomic E-state index is 0.325.